The van der Waals surface area contributed by atoms with Crippen molar-refractivity contribution in [2.75, 3.05) is 7.11 Å². The van der Waals surface area contributed by atoms with Crippen LogP contribution in [0.25, 0.3) is 0 Å². The van der Waals surface area contributed by atoms with E-state index in [9.17, 15) is 4.79 Å². The quantitative estimate of drug-likeness (QED) is 0.524. The van der Waals surface area contributed by atoms with Crippen LogP contribution in [0.4, 0.5) is 5.69 Å². The van der Waals surface area contributed by atoms with Crippen LogP contribution in [-0.4, -0.2) is 18.8 Å². The van der Waals surface area contributed by atoms with Gasteiger partial charge in [-0.3, -0.25) is 9.79 Å². The number of nitrogens with zero attached hydrogens (tertiary/aromatic N) is 1. The Kier molecular flexibility index (Phi) is 4.43. The average Bonchev–Trinajstić information content (AvgIpc) is 3.18. The zero-order valence-electron chi connectivity index (χ0n) is 15.5. The summed E-state index contributed by atoms with van der Waals surface area (Å²) >= 11 is 6.32. The van der Waals surface area contributed by atoms with Crippen LogP contribution in [0.1, 0.15) is 30.4 Å². The number of carbonyl (C=O) groups is 1. The lowest BCUT2D eigenvalue weighted by atomic mass is 9.62. The zero-order valence-corrected chi connectivity index (χ0v) is 16.2. The maximum Gasteiger partial charge on any atom is 0.309 e. The van der Waals surface area contributed by atoms with Gasteiger partial charge in [-0.2, -0.15) is 0 Å². The van der Waals surface area contributed by atoms with Crippen LogP contribution in [0.2, 0.25) is 5.02 Å². The number of allylic oxidation sites excluding steroid dienone is 1. The molecule has 3 nitrogen and oxygen atoms in total. The largest absolute Gasteiger partial charge is 0.469 e. The summed E-state index contributed by atoms with van der Waals surface area (Å²) in [5.74, 6) is -0.509. The zero-order chi connectivity index (χ0) is 19.2. The molecular formula is C23H22ClNO2. The number of ether oxygens (including phenoxy) is 1. The van der Waals surface area contributed by atoms with E-state index in [1.165, 1.54) is 7.11 Å². The first-order chi connectivity index (χ1) is 13.0. The predicted molar refractivity (Wildman–Crippen MR) is 109 cm³/mol. The molecule has 1 spiro atoms. The third-order valence-electron chi connectivity index (χ3n) is 6.22. The smallest absolute Gasteiger partial charge is 0.309 e. The summed E-state index contributed by atoms with van der Waals surface area (Å²) in [6, 6.07) is 16.0. The van der Waals surface area contributed by atoms with Gasteiger partial charge in [0, 0.05) is 22.1 Å². The number of carbonyl (C=O) groups excluding carboxylic acids is 1. The summed E-state index contributed by atoms with van der Waals surface area (Å²) < 4.78 is 5.19. The highest BCUT2D eigenvalue weighted by Gasteiger charge is 2.61. The maximum atomic E-state index is 12.8. The molecule has 0 radical (unpaired) electrons. The Labute approximate surface area is 164 Å². The van der Waals surface area contributed by atoms with Crippen molar-refractivity contribution in [1.82, 2.24) is 0 Å². The predicted octanol–water partition coefficient (Wildman–Crippen LogP) is 5.46. The van der Waals surface area contributed by atoms with E-state index < -0.39 is 5.41 Å². The Morgan fingerprint density at radius 3 is 2.78 bits per heavy atom. The maximum absolute atomic E-state index is 12.8. The lowest BCUT2D eigenvalue weighted by Crippen LogP contribution is -2.41. The summed E-state index contributed by atoms with van der Waals surface area (Å²) in [5, 5.41) is 0.661. The van der Waals surface area contributed by atoms with Crippen molar-refractivity contribution in [3.8, 4) is 0 Å². The molecule has 4 atom stereocenters. The van der Waals surface area contributed by atoms with Crippen molar-refractivity contribution in [2.24, 2.45) is 16.8 Å². The molecule has 2 aliphatic rings. The van der Waals surface area contributed by atoms with E-state index >= 15 is 0 Å². The number of aliphatic imine (C=N–C) groups is 1. The van der Waals surface area contributed by atoms with Gasteiger partial charge in [-0.25, -0.2) is 0 Å². The van der Waals surface area contributed by atoms with Gasteiger partial charge in [-0.05, 0) is 48.6 Å². The molecule has 138 valence electrons. The van der Waals surface area contributed by atoms with E-state index in [1.54, 1.807) is 0 Å². The first kappa shape index (κ1) is 18.0. The molecule has 0 unspecified atom stereocenters. The topological polar surface area (TPSA) is 38.7 Å². The highest BCUT2D eigenvalue weighted by atomic mass is 35.5. The van der Waals surface area contributed by atoms with Gasteiger partial charge in [0.15, 0.2) is 0 Å². The van der Waals surface area contributed by atoms with Gasteiger partial charge in [0.05, 0.1) is 18.7 Å². The second kappa shape index (κ2) is 6.65. The average molecular weight is 380 g/mol. The lowest BCUT2D eigenvalue weighted by Gasteiger charge is -2.38. The van der Waals surface area contributed by atoms with Crippen molar-refractivity contribution >= 4 is 29.0 Å². The molecule has 2 aromatic rings. The van der Waals surface area contributed by atoms with Crippen molar-refractivity contribution in [3.05, 3.63) is 77.3 Å². The SMILES string of the molecule is C=C[C@H]1C[C@@H](C(=O)OC)[C@@H](c2cccc(Cl)c2)[C@]12C(C)=Nc1ccccc12. The second-order valence-corrected chi connectivity index (χ2v) is 7.76. The number of methoxy groups -OCH3 is 1. The van der Waals surface area contributed by atoms with E-state index in [4.69, 9.17) is 21.3 Å². The van der Waals surface area contributed by atoms with Gasteiger partial charge in [0.25, 0.3) is 0 Å². The number of benzene rings is 2. The normalized spacial score (nSPS) is 28.7. The first-order valence-electron chi connectivity index (χ1n) is 9.15. The number of para-hydroxylation sites is 1. The number of hydrogen-bond donors (Lipinski definition) is 0. The second-order valence-electron chi connectivity index (χ2n) is 7.32. The third-order valence-corrected chi connectivity index (χ3v) is 6.45. The molecule has 1 saturated carbocycles. The number of fused-ring (bicyclic) bond motifs is 2. The highest BCUT2D eigenvalue weighted by Crippen LogP contribution is 2.62. The third kappa shape index (κ3) is 2.49. The van der Waals surface area contributed by atoms with Gasteiger partial charge in [-0.15, -0.1) is 6.58 Å². The fraction of sp³-hybridized carbons (Fsp3) is 0.304. The van der Waals surface area contributed by atoms with Crippen molar-refractivity contribution in [3.63, 3.8) is 0 Å². The highest BCUT2D eigenvalue weighted by molar-refractivity contribution is 6.30. The minimum Gasteiger partial charge on any atom is -0.469 e. The fourth-order valence-electron chi connectivity index (χ4n) is 5.25. The molecule has 0 N–H and O–H groups in total. The summed E-state index contributed by atoms with van der Waals surface area (Å²) in [4.78, 5) is 17.7. The number of hydrogen-bond acceptors (Lipinski definition) is 3. The number of halogens is 1. The Balaban J connectivity index is 2.01. The van der Waals surface area contributed by atoms with Gasteiger partial charge in [-0.1, -0.05) is 48.0 Å². The molecule has 0 aromatic heterocycles. The molecule has 4 rings (SSSR count). The van der Waals surface area contributed by atoms with Crippen LogP contribution in [0.3, 0.4) is 0 Å². The van der Waals surface area contributed by atoms with Gasteiger partial charge >= 0.3 is 5.97 Å². The summed E-state index contributed by atoms with van der Waals surface area (Å²) in [5.41, 5.74) is 3.77. The molecular weight excluding hydrogens is 358 g/mol. The van der Waals surface area contributed by atoms with Crippen LogP contribution in [0.15, 0.2) is 66.2 Å². The van der Waals surface area contributed by atoms with Crippen molar-refractivity contribution in [1.29, 1.82) is 0 Å². The Morgan fingerprint density at radius 1 is 1.30 bits per heavy atom. The molecule has 0 amide bonds. The minimum absolute atomic E-state index is 0.0815. The molecule has 27 heavy (non-hydrogen) atoms. The standard InChI is InChI=1S/C23H22ClNO2/c1-4-16-13-18(22(26)27-3)21(15-8-7-9-17(24)12-15)23(16)14(2)25-20-11-6-5-10-19(20)23/h4-12,16,18,21H,1,13H2,2-3H3/t16-,18+,21+,23+/m0/s1. The Hall–Kier alpha value is -2.39. The van der Waals surface area contributed by atoms with Crippen LogP contribution in [0, 0.1) is 11.8 Å². The van der Waals surface area contributed by atoms with Gasteiger partial charge in [0.2, 0.25) is 0 Å². The van der Waals surface area contributed by atoms with Crippen molar-refractivity contribution < 1.29 is 9.53 Å². The molecule has 0 saturated heterocycles. The Bertz CT molecular complexity index is 951. The summed E-state index contributed by atoms with van der Waals surface area (Å²) in [6.07, 6.45) is 2.65. The lowest BCUT2D eigenvalue weighted by molar-refractivity contribution is -0.145. The van der Waals surface area contributed by atoms with Crippen molar-refractivity contribution in [2.45, 2.75) is 24.7 Å². The van der Waals surface area contributed by atoms with E-state index in [-0.39, 0.29) is 23.7 Å². The molecule has 0 bridgehead atoms. The number of esters is 1. The molecule has 1 fully saturated rings. The van der Waals surface area contributed by atoms with Gasteiger partial charge < -0.3 is 4.74 Å². The van der Waals surface area contributed by atoms with E-state index in [0.29, 0.717) is 11.4 Å². The minimum atomic E-state index is -0.415. The Morgan fingerprint density at radius 2 is 2.07 bits per heavy atom. The summed E-state index contributed by atoms with van der Waals surface area (Å²) in [6.45, 7) is 6.16. The summed E-state index contributed by atoms with van der Waals surface area (Å²) in [7, 11) is 1.45. The fourth-order valence-corrected chi connectivity index (χ4v) is 5.45. The van der Waals surface area contributed by atoms with E-state index in [0.717, 1.165) is 22.5 Å². The van der Waals surface area contributed by atoms with Crippen LogP contribution < -0.4 is 0 Å². The van der Waals surface area contributed by atoms with Crippen LogP contribution in [0.5, 0.6) is 0 Å². The first-order valence-corrected chi connectivity index (χ1v) is 9.53. The molecule has 1 aliphatic heterocycles. The molecule has 1 aliphatic carbocycles. The number of rotatable bonds is 3. The molecule has 1 heterocycles. The van der Waals surface area contributed by atoms with Crippen LogP contribution in [-0.2, 0) is 14.9 Å². The van der Waals surface area contributed by atoms with Gasteiger partial charge in [0.1, 0.15) is 0 Å². The van der Waals surface area contributed by atoms with E-state index in [2.05, 4.69) is 19.6 Å². The van der Waals surface area contributed by atoms with E-state index in [1.807, 2.05) is 48.5 Å². The van der Waals surface area contributed by atoms with Crippen LogP contribution >= 0.6 is 11.6 Å². The monoisotopic (exact) mass is 379 g/mol. The molecule has 2 aromatic carbocycles. The molecule has 4 heteroatoms.